The Morgan fingerprint density at radius 2 is 2.40 bits per heavy atom. The van der Waals surface area contributed by atoms with Crippen LogP contribution in [-0.2, 0) is 11.8 Å². The third-order valence-corrected chi connectivity index (χ3v) is 2.48. The van der Waals surface area contributed by atoms with Crippen LogP contribution in [0.3, 0.4) is 0 Å². The number of carbonyl (C=O) groups is 1. The van der Waals surface area contributed by atoms with E-state index in [0.29, 0.717) is 5.95 Å². The van der Waals surface area contributed by atoms with Crippen molar-refractivity contribution in [3.63, 3.8) is 0 Å². The summed E-state index contributed by atoms with van der Waals surface area (Å²) in [4.78, 5) is 16.7. The standard InChI is InChI=1S/C10H17N3O2/c1-4-8(2)13(7-9(14)15)10-11-5-6-12(10)3/h5-6,8H,4,7H2,1-3H3,(H,14,15). The van der Waals surface area contributed by atoms with Crippen LogP contribution in [0.4, 0.5) is 5.95 Å². The fourth-order valence-electron chi connectivity index (χ4n) is 1.42. The minimum absolute atomic E-state index is 0.0140. The first-order valence-corrected chi connectivity index (χ1v) is 5.02. The number of aryl methyl sites for hydroxylation is 1. The van der Waals surface area contributed by atoms with Crippen molar-refractivity contribution in [1.29, 1.82) is 0 Å². The van der Waals surface area contributed by atoms with Crippen molar-refractivity contribution in [2.45, 2.75) is 26.3 Å². The quantitative estimate of drug-likeness (QED) is 0.792. The van der Waals surface area contributed by atoms with Gasteiger partial charge in [-0.3, -0.25) is 4.79 Å². The molecule has 1 heterocycles. The Morgan fingerprint density at radius 3 is 2.80 bits per heavy atom. The Morgan fingerprint density at radius 1 is 1.73 bits per heavy atom. The second-order valence-electron chi connectivity index (χ2n) is 3.62. The predicted molar refractivity (Wildman–Crippen MR) is 57.9 cm³/mol. The van der Waals surface area contributed by atoms with Gasteiger partial charge in [0.2, 0.25) is 5.95 Å². The summed E-state index contributed by atoms with van der Waals surface area (Å²) < 4.78 is 1.83. The maximum Gasteiger partial charge on any atom is 0.323 e. The molecule has 0 radical (unpaired) electrons. The number of carboxylic acids is 1. The zero-order chi connectivity index (χ0) is 11.4. The van der Waals surface area contributed by atoms with Gasteiger partial charge in [0.1, 0.15) is 6.54 Å². The number of hydrogen-bond donors (Lipinski definition) is 1. The molecule has 1 aromatic heterocycles. The van der Waals surface area contributed by atoms with E-state index in [0.717, 1.165) is 6.42 Å². The number of aromatic nitrogens is 2. The highest BCUT2D eigenvalue weighted by Gasteiger charge is 2.19. The highest BCUT2D eigenvalue weighted by Crippen LogP contribution is 2.14. The van der Waals surface area contributed by atoms with E-state index in [9.17, 15) is 4.79 Å². The second-order valence-corrected chi connectivity index (χ2v) is 3.62. The third-order valence-electron chi connectivity index (χ3n) is 2.48. The van der Waals surface area contributed by atoms with Crippen LogP contribution in [0.25, 0.3) is 0 Å². The lowest BCUT2D eigenvalue weighted by Gasteiger charge is -2.27. The van der Waals surface area contributed by atoms with Crippen molar-refractivity contribution in [3.8, 4) is 0 Å². The largest absolute Gasteiger partial charge is 0.480 e. The van der Waals surface area contributed by atoms with Crippen LogP contribution in [0.5, 0.6) is 0 Å². The second kappa shape index (κ2) is 4.82. The van der Waals surface area contributed by atoms with E-state index in [-0.39, 0.29) is 12.6 Å². The molecule has 0 saturated carbocycles. The number of imidazole rings is 1. The van der Waals surface area contributed by atoms with Crippen LogP contribution in [-0.4, -0.2) is 33.2 Å². The molecule has 1 aromatic rings. The Balaban J connectivity index is 2.90. The van der Waals surface area contributed by atoms with Crippen molar-refractivity contribution >= 4 is 11.9 Å². The molecule has 84 valence electrons. The molecule has 0 aliphatic rings. The zero-order valence-corrected chi connectivity index (χ0v) is 9.34. The summed E-state index contributed by atoms with van der Waals surface area (Å²) in [6.45, 7) is 4.01. The molecule has 5 heteroatoms. The van der Waals surface area contributed by atoms with Crippen LogP contribution < -0.4 is 4.90 Å². The van der Waals surface area contributed by atoms with Crippen LogP contribution >= 0.6 is 0 Å². The van der Waals surface area contributed by atoms with Gasteiger partial charge in [0.25, 0.3) is 0 Å². The van der Waals surface area contributed by atoms with Gasteiger partial charge in [-0.05, 0) is 13.3 Å². The van der Waals surface area contributed by atoms with Crippen molar-refractivity contribution in [3.05, 3.63) is 12.4 Å². The summed E-state index contributed by atoms with van der Waals surface area (Å²) in [5.74, 6) is -0.134. The van der Waals surface area contributed by atoms with Gasteiger partial charge in [0.15, 0.2) is 0 Å². The maximum atomic E-state index is 10.8. The molecule has 0 amide bonds. The van der Waals surface area contributed by atoms with E-state index in [4.69, 9.17) is 5.11 Å². The van der Waals surface area contributed by atoms with Gasteiger partial charge in [-0.1, -0.05) is 6.92 Å². The van der Waals surface area contributed by atoms with Crippen LogP contribution in [0.2, 0.25) is 0 Å². The van der Waals surface area contributed by atoms with Crippen molar-refractivity contribution < 1.29 is 9.90 Å². The lowest BCUT2D eigenvalue weighted by molar-refractivity contribution is -0.135. The van der Waals surface area contributed by atoms with Gasteiger partial charge in [0, 0.05) is 25.5 Å². The molecular weight excluding hydrogens is 194 g/mol. The summed E-state index contributed by atoms with van der Waals surface area (Å²) in [7, 11) is 1.86. The van der Waals surface area contributed by atoms with E-state index >= 15 is 0 Å². The number of anilines is 1. The van der Waals surface area contributed by atoms with Gasteiger partial charge < -0.3 is 14.6 Å². The average Bonchev–Trinajstić information content (AvgIpc) is 2.59. The number of nitrogens with zero attached hydrogens (tertiary/aromatic N) is 3. The Hall–Kier alpha value is -1.52. The summed E-state index contributed by atoms with van der Waals surface area (Å²) in [6.07, 6.45) is 4.37. The first-order valence-electron chi connectivity index (χ1n) is 5.02. The molecule has 1 N–H and O–H groups in total. The van der Waals surface area contributed by atoms with Crippen LogP contribution in [0, 0.1) is 0 Å². The molecule has 0 aliphatic heterocycles. The molecule has 15 heavy (non-hydrogen) atoms. The van der Waals surface area contributed by atoms with Crippen LogP contribution in [0.15, 0.2) is 12.4 Å². The Kier molecular flexibility index (Phi) is 3.71. The third kappa shape index (κ3) is 2.71. The topological polar surface area (TPSA) is 58.4 Å². The highest BCUT2D eigenvalue weighted by atomic mass is 16.4. The number of hydrogen-bond acceptors (Lipinski definition) is 3. The minimum Gasteiger partial charge on any atom is -0.480 e. The van der Waals surface area contributed by atoms with E-state index in [1.807, 2.05) is 31.7 Å². The molecule has 0 spiro atoms. The first kappa shape index (κ1) is 11.6. The fourth-order valence-corrected chi connectivity index (χ4v) is 1.42. The predicted octanol–water partition coefficient (Wildman–Crippen LogP) is 1.11. The molecule has 0 saturated heterocycles. The lowest BCUT2D eigenvalue weighted by Crippen LogP contribution is -2.38. The lowest BCUT2D eigenvalue weighted by atomic mass is 10.2. The Bertz CT molecular complexity index is 335. The zero-order valence-electron chi connectivity index (χ0n) is 9.34. The van der Waals surface area contributed by atoms with Gasteiger partial charge in [-0.25, -0.2) is 4.98 Å². The van der Waals surface area contributed by atoms with Gasteiger partial charge in [-0.15, -0.1) is 0 Å². The highest BCUT2D eigenvalue weighted by molar-refractivity contribution is 5.72. The first-order chi connectivity index (χ1) is 7.06. The van der Waals surface area contributed by atoms with E-state index in [2.05, 4.69) is 4.98 Å². The number of rotatable bonds is 5. The van der Waals surface area contributed by atoms with E-state index in [1.165, 1.54) is 0 Å². The van der Waals surface area contributed by atoms with Crippen molar-refractivity contribution in [2.75, 3.05) is 11.4 Å². The summed E-state index contributed by atoms with van der Waals surface area (Å²) in [5, 5.41) is 8.84. The SMILES string of the molecule is CCC(C)N(CC(=O)O)c1nccn1C. The van der Waals surface area contributed by atoms with Crippen molar-refractivity contribution in [2.24, 2.45) is 7.05 Å². The molecule has 1 atom stereocenters. The van der Waals surface area contributed by atoms with Crippen LogP contribution in [0.1, 0.15) is 20.3 Å². The number of aliphatic carboxylic acids is 1. The maximum absolute atomic E-state index is 10.8. The normalized spacial score (nSPS) is 12.5. The smallest absolute Gasteiger partial charge is 0.323 e. The molecule has 0 fully saturated rings. The van der Waals surface area contributed by atoms with E-state index in [1.54, 1.807) is 11.1 Å². The number of carboxylic acid groups (broad SMARTS) is 1. The molecular formula is C10H17N3O2. The Labute approximate surface area is 89.3 Å². The molecule has 5 nitrogen and oxygen atoms in total. The minimum atomic E-state index is -0.835. The molecule has 0 aliphatic carbocycles. The van der Waals surface area contributed by atoms with Crippen molar-refractivity contribution in [1.82, 2.24) is 9.55 Å². The molecule has 1 unspecified atom stereocenters. The molecule has 0 aromatic carbocycles. The van der Waals surface area contributed by atoms with Gasteiger partial charge >= 0.3 is 5.97 Å². The fraction of sp³-hybridized carbons (Fsp3) is 0.600. The molecule has 1 rings (SSSR count). The van der Waals surface area contributed by atoms with Gasteiger partial charge in [0.05, 0.1) is 0 Å². The van der Waals surface area contributed by atoms with E-state index < -0.39 is 5.97 Å². The average molecular weight is 211 g/mol. The molecule has 0 bridgehead atoms. The summed E-state index contributed by atoms with van der Waals surface area (Å²) in [5.41, 5.74) is 0. The summed E-state index contributed by atoms with van der Waals surface area (Å²) in [6, 6.07) is 0.169. The summed E-state index contributed by atoms with van der Waals surface area (Å²) >= 11 is 0. The van der Waals surface area contributed by atoms with Gasteiger partial charge in [-0.2, -0.15) is 0 Å². The monoisotopic (exact) mass is 211 g/mol.